The Morgan fingerprint density at radius 2 is 1.72 bits per heavy atom. The standard InChI is InChI=1S/C18H22N2O4S/c1-3-24-15-8-10-16(11-9-15)25(22,23)20-13-12-19-18(21)17-7-5-4-6-14(17)2/h4-11,20H,3,12-13H2,1-2H3,(H,19,21). The molecule has 0 radical (unpaired) electrons. The van der Waals surface area contributed by atoms with E-state index in [1.807, 2.05) is 26.0 Å². The number of ether oxygens (including phenoxy) is 1. The molecule has 0 aromatic heterocycles. The summed E-state index contributed by atoms with van der Waals surface area (Å²) in [4.78, 5) is 12.2. The smallest absolute Gasteiger partial charge is 0.251 e. The maximum atomic E-state index is 12.2. The van der Waals surface area contributed by atoms with Crippen LogP contribution in [0.4, 0.5) is 0 Å². The molecule has 2 aromatic carbocycles. The first-order valence-corrected chi connectivity index (χ1v) is 9.48. The van der Waals surface area contributed by atoms with Crippen molar-refractivity contribution in [1.82, 2.24) is 10.0 Å². The van der Waals surface area contributed by atoms with Crippen LogP contribution in [0.25, 0.3) is 0 Å². The summed E-state index contributed by atoms with van der Waals surface area (Å²) >= 11 is 0. The molecule has 0 heterocycles. The first-order chi connectivity index (χ1) is 11.9. The molecule has 1 amide bonds. The summed E-state index contributed by atoms with van der Waals surface area (Å²) in [6.07, 6.45) is 0. The fraction of sp³-hybridized carbons (Fsp3) is 0.278. The van der Waals surface area contributed by atoms with Crippen molar-refractivity contribution in [3.05, 3.63) is 59.7 Å². The number of hydrogen-bond donors (Lipinski definition) is 2. The van der Waals surface area contributed by atoms with E-state index < -0.39 is 10.0 Å². The summed E-state index contributed by atoms with van der Waals surface area (Å²) in [5, 5.41) is 2.70. The molecule has 0 unspecified atom stereocenters. The minimum Gasteiger partial charge on any atom is -0.494 e. The number of carbonyl (C=O) groups is 1. The zero-order valence-electron chi connectivity index (χ0n) is 14.3. The van der Waals surface area contributed by atoms with Crippen LogP contribution < -0.4 is 14.8 Å². The van der Waals surface area contributed by atoms with Gasteiger partial charge in [0.15, 0.2) is 0 Å². The van der Waals surface area contributed by atoms with Crippen LogP contribution in [0.2, 0.25) is 0 Å². The third-order valence-electron chi connectivity index (χ3n) is 3.54. The highest BCUT2D eigenvalue weighted by atomic mass is 32.2. The van der Waals surface area contributed by atoms with Gasteiger partial charge in [0, 0.05) is 18.7 Å². The van der Waals surface area contributed by atoms with Crippen molar-refractivity contribution in [2.45, 2.75) is 18.7 Å². The van der Waals surface area contributed by atoms with Crippen LogP contribution in [0.15, 0.2) is 53.4 Å². The lowest BCUT2D eigenvalue weighted by atomic mass is 10.1. The molecule has 7 heteroatoms. The van der Waals surface area contributed by atoms with E-state index >= 15 is 0 Å². The zero-order valence-corrected chi connectivity index (χ0v) is 15.1. The van der Waals surface area contributed by atoms with Gasteiger partial charge < -0.3 is 10.1 Å². The van der Waals surface area contributed by atoms with Crippen LogP contribution in [0, 0.1) is 6.92 Å². The van der Waals surface area contributed by atoms with E-state index in [0.717, 1.165) is 5.56 Å². The van der Waals surface area contributed by atoms with E-state index in [1.165, 1.54) is 12.1 Å². The Bertz CT molecular complexity index is 817. The van der Waals surface area contributed by atoms with Crippen LogP contribution in [0.1, 0.15) is 22.8 Å². The molecule has 0 saturated carbocycles. The van der Waals surface area contributed by atoms with Crippen LogP contribution in [0.3, 0.4) is 0 Å². The monoisotopic (exact) mass is 362 g/mol. The van der Waals surface area contributed by atoms with Gasteiger partial charge in [0.25, 0.3) is 5.91 Å². The molecule has 6 nitrogen and oxygen atoms in total. The van der Waals surface area contributed by atoms with Crippen molar-refractivity contribution in [1.29, 1.82) is 0 Å². The topological polar surface area (TPSA) is 84.5 Å². The quantitative estimate of drug-likeness (QED) is 0.705. The molecular weight excluding hydrogens is 340 g/mol. The molecule has 25 heavy (non-hydrogen) atoms. The van der Waals surface area contributed by atoms with Gasteiger partial charge in [0.1, 0.15) is 5.75 Å². The zero-order chi connectivity index (χ0) is 18.3. The lowest BCUT2D eigenvalue weighted by molar-refractivity contribution is 0.0953. The predicted octanol–water partition coefficient (Wildman–Crippen LogP) is 2.10. The SMILES string of the molecule is CCOc1ccc(S(=O)(=O)NCCNC(=O)c2ccccc2C)cc1. The average Bonchev–Trinajstić information content (AvgIpc) is 2.60. The van der Waals surface area contributed by atoms with Gasteiger partial charge in [-0.2, -0.15) is 0 Å². The van der Waals surface area contributed by atoms with Crippen LogP contribution in [-0.2, 0) is 10.0 Å². The van der Waals surface area contributed by atoms with Gasteiger partial charge in [-0.05, 0) is 49.7 Å². The lowest BCUT2D eigenvalue weighted by Crippen LogP contribution is -2.34. The third-order valence-corrected chi connectivity index (χ3v) is 5.01. The van der Waals surface area contributed by atoms with Crippen molar-refractivity contribution in [3.63, 3.8) is 0 Å². The average molecular weight is 362 g/mol. The number of hydrogen-bond acceptors (Lipinski definition) is 4. The maximum absolute atomic E-state index is 12.2. The normalized spacial score (nSPS) is 11.1. The Balaban J connectivity index is 1.86. The van der Waals surface area contributed by atoms with E-state index in [-0.39, 0.29) is 23.9 Å². The first kappa shape index (κ1) is 19.0. The number of nitrogens with one attached hydrogen (secondary N) is 2. The van der Waals surface area contributed by atoms with Crippen LogP contribution >= 0.6 is 0 Å². The summed E-state index contributed by atoms with van der Waals surface area (Å²) in [5.41, 5.74) is 1.45. The van der Waals surface area contributed by atoms with E-state index in [9.17, 15) is 13.2 Å². The molecule has 0 fully saturated rings. The summed E-state index contributed by atoms with van der Waals surface area (Å²) in [7, 11) is -3.62. The van der Waals surface area contributed by atoms with Gasteiger partial charge in [0.05, 0.1) is 11.5 Å². The van der Waals surface area contributed by atoms with Gasteiger partial charge in [-0.3, -0.25) is 4.79 Å². The second kappa shape index (κ2) is 8.64. The van der Waals surface area contributed by atoms with Gasteiger partial charge in [-0.15, -0.1) is 0 Å². The third kappa shape index (κ3) is 5.30. The summed E-state index contributed by atoms with van der Waals surface area (Å²) < 4.78 is 32.2. The highest BCUT2D eigenvalue weighted by Crippen LogP contribution is 2.15. The number of benzene rings is 2. The molecule has 134 valence electrons. The highest BCUT2D eigenvalue weighted by molar-refractivity contribution is 7.89. The maximum Gasteiger partial charge on any atom is 0.251 e. The Morgan fingerprint density at radius 3 is 2.36 bits per heavy atom. The molecule has 0 bridgehead atoms. The number of carbonyl (C=O) groups excluding carboxylic acids is 1. The van der Waals surface area contributed by atoms with Crippen LogP contribution in [0.5, 0.6) is 5.75 Å². The van der Waals surface area contributed by atoms with Crippen molar-refractivity contribution >= 4 is 15.9 Å². The second-order valence-electron chi connectivity index (χ2n) is 5.37. The molecule has 0 aliphatic rings. The molecule has 2 N–H and O–H groups in total. The highest BCUT2D eigenvalue weighted by Gasteiger charge is 2.14. The summed E-state index contributed by atoms with van der Waals surface area (Å²) in [6.45, 7) is 4.53. The molecule has 0 saturated heterocycles. The van der Waals surface area contributed by atoms with Crippen molar-refractivity contribution in [2.75, 3.05) is 19.7 Å². The number of amides is 1. The lowest BCUT2D eigenvalue weighted by Gasteiger charge is -2.10. The molecule has 0 atom stereocenters. The molecule has 0 aliphatic heterocycles. The Kier molecular flexibility index (Phi) is 6.55. The minimum atomic E-state index is -3.62. The van der Waals surface area contributed by atoms with Gasteiger partial charge in [0.2, 0.25) is 10.0 Å². The van der Waals surface area contributed by atoms with Crippen molar-refractivity contribution < 1.29 is 17.9 Å². The molecular formula is C18H22N2O4S. The fourth-order valence-electron chi connectivity index (χ4n) is 2.25. The minimum absolute atomic E-state index is 0.104. The van der Waals surface area contributed by atoms with E-state index in [0.29, 0.717) is 17.9 Å². The second-order valence-corrected chi connectivity index (χ2v) is 7.14. The molecule has 2 aromatic rings. The molecule has 0 aliphatic carbocycles. The number of sulfonamides is 1. The van der Waals surface area contributed by atoms with Crippen molar-refractivity contribution in [2.24, 2.45) is 0 Å². The van der Waals surface area contributed by atoms with Crippen molar-refractivity contribution in [3.8, 4) is 5.75 Å². The van der Waals surface area contributed by atoms with E-state index in [4.69, 9.17) is 4.74 Å². The van der Waals surface area contributed by atoms with E-state index in [1.54, 1.807) is 24.3 Å². The number of rotatable bonds is 8. The Morgan fingerprint density at radius 1 is 1.04 bits per heavy atom. The molecule has 0 spiro atoms. The van der Waals surface area contributed by atoms with Gasteiger partial charge in [-0.25, -0.2) is 13.1 Å². The largest absolute Gasteiger partial charge is 0.494 e. The van der Waals surface area contributed by atoms with E-state index in [2.05, 4.69) is 10.0 Å². The summed E-state index contributed by atoms with van der Waals surface area (Å²) in [6, 6.07) is 13.4. The Hall–Kier alpha value is -2.38. The van der Waals surface area contributed by atoms with Gasteiger partial charge in [-0.1, -0.05) is 18.2 Å². The predicted molar refractivity (Wildman–Crippen MR) is 96.3 cm³/mol. The van der Waals surface area contributed by atoms with Crippen LogP contribution in [-0.4, -0.2) is 34.0 Å². The first-order valence-electron chi connectivity index (χ1n) is 8.00. The molecule has 2 rings (SSSR count). The summed E-state index contributed by atoms with van der Waals surface area (Å²) in [5.74, 6) is 0.394. The van der Waals surface area contributed by atoms with Gasteiger partial charge >= 0.3 is 0 Å². The Labute approximate surface area is 148 Å². The number of aryl methyl sites for hydroxylation is 1. The fourth-order valence-corrected chi connectivity index (χ4v) is 3.28.